The van der Waals surface area contributed by atoms with Gasteiger partial charge in [0.1, 0.15) is 0 Å². The number of halogens is 1. The smallest absolute Gasteiger partial charge is 0.174 e. The summed E-state index contributed by atoms with van der Waals surface area (Å²) in [7, 11) is 0. The van der Waals surface area contributed by atoms with Crippen LogP contribution in [-0.2, 0) is 0 Å². The Balaban J connectivity index is 2.54. The summed E-state index contributed by atoms with van der Waals surface area (Å²) in [4.78, 5) is 12.3. The van der Waals surface area contributed by atoms with Gasteiger partial charge in [-0.15, -0.1) is 34.7 Å². The first kappa shape index (κ1) is 12.1. The van der Waals surface area contributed by atoms with E-state index in [1.54, 1.807) is 11.3 Å². The van der Waals surface area contributed by atoms with E-state index in [1.807, 2.05) is 23.9 Å². The normalized spacial score (nSPS) is 10.4. The Hall–Kier alpha value is 0.01000. The van der Waals surface area contributed by atoms with Crippen LogP contribution >= 0.6 is 34.7 Å². The van der Waals surface area contributed by atoms with Crippen molar-refractivity contribution in [3.8, 4) is 0 Å². The topological polar surface area (TPSA) is 17.1 Å². The predicted octanol–water partition coefficient (Wildman–Crippen LogP) is 4.06. The van der Waals surface area contributed by atoms with Crippen LogP contribution in [0.3, 0.4) is 0 Å². The van der Waals surface area contributed by atoms with E-state index in [4.69, 9.17) is 11.6 Å². The molecule has 0 aromatic carbocycles. The standard InChI is InChI=1S/C10H13ClOS2/c1-2-7-13-10-4-3-9(14-10)8(12)5-6-11/h3-4H,2,5-7H2,1H3. The average molecular weight is 249 g/mol. The zero-order valence-corrected chi connectivity index (χ0v) is 10.5. The lowest BCUT2D eigenvalue weighted by atomic mass is 10.3. The fourth-order valence-electron chi connectivity index (χ4n) is 0.959. The molecule has 0 saturated heterocycles. The predicted molar refractivity (Wildman–Crippen MR) is 65.0 cm³/mol. The largest absolute Gasteiger partial charge is 0.293 e. The van der Waals surface area contributed by atoms with Crippen LogP contribution in [0.1, 0.15) is 29.4 Å². The van der Waals surface area contributed by atoms with Gasteiger partial charge < -0.3 is 0 Å². The van der Waals surface area contributed by atoms with Crippen molar-refractivity contribution in [2.45, 2.75) is 24.0 Å². The molecule has 0 fully saturated rings. The summed E-state index contributed by atoms with van der Waals surface area (Å²) in [5, 5.41) is 0. The van der Waals surface area contributed by atoms with Crippen LogP contribution in [0.5, 0.6) is 0 Å². The molecule has 0 aliphatic carbocycles. The second kappa shape index (κ2) is 6.49. The van der Waals surface area contributed by atoms with Gasteiger partial charge in [-0.2, -0.15) is 0 Å². The van der Waals surface area contributed by atoms with Gasteiger partial charge in [0, 0.05) is 12.3 Å². The highest BCUT2D eigenvalue weighted by molar-refractivity contribution is 8.01. The molecule has 1 nitrogen and oxygen atoms in total. The molecule has 0 amide bonds. The molecule has 1 rings (SSSR count). The maximum atomic E-state index is 11.4. The summed E-state index contributed by atoms with van der Waals surface area (Å²) in [5.41, 5.74) is 0. The first-order valence-electron chi connectivity index (χ1n) is 4.59. The number of hydrogen-bond acceptors (Lipinski definition) is 3. The van der Waals surface area contributed by atoms with Crippen molar-refractivity contribution < 1.29 is 4.79 Å². The third kappa shape index (κ3) is 3.64. The number of rotatable bonds is 6. The molecule has 0 bridgehead atoms. The van der Waals surface area contributed by atoms with E-state index in [2.05, 4.69) is 6.92 Å². The molecule has 1 heterocycles. The van der Waals surface area contributed by atoms with Crippen LogP contribution in [0.2, 0.25) is 0 Å². The van der Waals surface area contributed by atoms with E-state index >= 15 is 0 Å². The van der Waals surface area contributed by atoms with Crippen LogP contribution in [0.15, 0.2) is 16.3 Å². The van der Waals surface area contributed by atoms with Gasteiger partial charge in [0.2, 0.25) is 0 Å². The Labute approximate surface area is 97.8 Å². The van der Waals surface area contributed by atoms with Gasteiger partial charge in [-0.25, -0.2) is 0 Å². The van der Waals surface area contributed by atoms with Crippen LogP contribution in [0.25, 0.3) is 0 Å². The highest BCUT2D eigenvalue weighted by atomic mass is 35.5. The molecule has 14 heavy (non-hydrogen) atoms. The maximum Gasteiger partial charge on any atom is 0.174 e. The lowest BCUT2D eigenvalue weighted by molar-refractivity contribution is 0.0993. The number of carbonyl (C=O) groups excluding carboxylic acids is 1. The summed E-state index contributed by atoms with van der Waals surface area (Å²) in [6, 6.07) is 3.92. The summed E-state index contributed by atoms with van der Waals surface area (Å²) >= 11 is 8.90. The molecule has 4 heteroatoms. The summed E-state index contributed by atoms with van der Waals surface area (Å²) < 4.78 is 1.23. The minimum atomic E-state index is 0.161. The molecule has 0 radical (unpaired) electrons. The number of thiophene rings is 1. The molecule has 0 N–H and O–H groups in total. The quantitative estimate of drug-likeness (QED) is 0.429. The van der Waals surface area contributed by atoms with Crippen LogP contribution in [0, 0.1) is 0 Å². The molecule has 0 unspecified atom stereocenters. The van der Waals surface area contributed by atoms with Gasteiger partial charge in [-0.05, 0) is 24.3 Å². The van der Waals surface area contributed by atoms with E-state index in [-0.39, 0.29) is 5.78 Å². The van der Waals surface area contributed by atoms with E-state index in [9.17, 15) is 4.79 Å². The number of ketones is 1. The van der Waals surface area contributed by atoms with E-state index < -0.39 is 0 Å². The lowest BCUT2D eigenvalue weighted by Crippen LogP contribution is -1.95. The van der Waals surface area contributed by atoms with Crippen molar-refractivity contribution in [3.63, 3.8) is 0 Å². The molecule has 0 aliphatic heterocycles. The van der Waals surface area contributed by atoms with Gasteiger partial charge in [0.05, 0.1) is 9.09 Å². The van der Waals surface area contributed by atoms with E-state index in [0.29, 0.717) is 12.3 Å². The Morgan fingerprint density at radius 3 is 3.00 bits per heavy atom. The highest BCUT2D eigenvalue weighted by Gasteiger charge is 2.08. The van der Waals surface area contributed by atoms with Gasteiger partial charge in [-0.1, -0.05) is 6.92 Å². The van der Waals surface area contributed by atoms with Gasteiger partial charge in [0.25, 0.3) is 0 Å². The lowest BCUT2D eigenvalue weighted by Gasteiger charge is -1.93. The minimum absolute atomic E-state index is 0.161. The molecular formula is C10H13ClOS2. The zero-order valence-electron chi connectivity index (χ0n) is 8.09. The third-order valence-electron chi connectivity index (χ3n) is 1.63. The van der Waals surface area contributed by atoms with Crippen molar-refractivity contribution in [1.82, 2.24) is 0 Å². The first-order chi connectivity index (χ1) is 6.77. The monoisotopic (exact) mass is 248 g/mol. The fourth-order valence-corrected chi connectivity index (χ4v) is 3.16. The van der Waals surface area contributed by atoms with Gasteiger partial charge in [-0.3, -0.25) is 4.79 Å². The Bertz CT molecular complexity index is 296. The fraction of sp³-hybridized carbons (Fsp3) is 0.500. The number of carbonyl (C=O) groups is 1. The van der Waals surface area contributed by atoms with Crippen LogP contribution < -0.4 is 0 Å². The van der Waals surface area contributed by atoms with Crippen molar-refractivity contribution in [1.29, 1.82) is 0 Å². The molecule has 78 valence electrons. The molecule has 1 aromatic rings. The Morgan fingerprint density at radius 1 is 1.57 bits per heavy atom. The molecular weight excluding hydrogens is 236 g/mol. The first-order valence-corrected chi connectivity index (χ1v) is 6.93. The summed E-state index contributed by atoms with van der Waals surface area (Å²) in [5.74, 6) is 1.69. The number of alkyl halides is 1. The number of hydrogen-bond donors (Lipinski definition) is 0. The molecule has 0 aliphatic rings. The van der Waals surface area contributed by atoms with Crippen molar-refractivity contribution in [2.75, 3.05) is 11.6 Å². The third-order valence-corrected chi connectivity index (χ3v) is 4.37. The zero-order chi connectivity index (χ0) is 10.4. The van der Waals surface area contributed by atoms with Gasteiger partial charge >= 0.3 is 0 Å². The summed E-state index contributed by atoms with van der Waals surface area (Å²) in [6.07, 6.45) is 1.60. The minimum Gasteiger partial charge on any atom is -0.293 e. The molecule has 0 atom stereocenters. The van der Waals surface area contributed by atoms with Crippen molar-refractivity contribution in [3.05, 3.63) is 17.0 Å². The van der Waals surface area contributed by atoms with E-state index in [1.165, 1.54) is 4.21 Å². The molecule has 1 aromatic heterocycles. The average Bonchev–Trinajstić information content (AvgIpc) is 2.63. The Morgan fingerprint density at radius 2 is 2.36 bits per heavy atom. The highest BCUT2D eigenvalue weighted by Crippen LogP contribution is 2.28. The molecule has 0 saturated carbocycles. The molecule has 0 spiro atoms. The Kier molecular flexibility index (Phi) is 5.60. The second-order valence-corrected chi connectivity index (χ2v) is 5.69. The number of Topliss-reactive ketones (excluding diaryl/α,β-unsaturated/α-hetero) is 1. The van der Waals surface area contributed by atoms with Crippen LogP contribution in [-0.4, -0.2) is 17.4 Å². The second-order valence-electron chi connectivity index (χ2n) is 2.83. The number of thioether (sulfide) groups is 1. The maximum absolute atomic E-state index is 11.4. The SMILES string of the molecule is CCCSc1ccc(C(=O)CCCl)s1. The van der Waals surface area contributed by atoms with Crippen molar-refractivity contribution >= 4 is 40.5 Å². The van der Waals surface area contributed by atoms with Crippen LogP contribution in [0.4, 0.5) is 0 Å². The van der Waals surface area contributed by atoms with E-state index in [0.717, 1.165) is 17.1 Å². The van der Waals surface area contributed by atoms with Crippen molar-refractivity contribution in [2.24, 2.45) is 0 Å². The summed E-state index contributed by atoms with van der Waals surface area (Å²) in [6.45, 7) is 2.15. The van der Waals surface area contributed by atoms with Gasteiger partial charge in [0.15, 0.2) is 5.78 Å².